The molecule has 1 aliphatic heterocycles. The minimum Gasteiger partial charge on any atom is -0.481 e. The second-order valence-corrected chi connectivity index (χ2v) is 6.82. The smallest absolute Gasteiger partial charge is 0.303 e. The Labute approximate surface area is 122 Å². The van der Waals surface area contributed by atoms with Crippen LogP contribution < -0.4 is 4.90 Å². The summed E-state index contributed by atoms with van der Waals surface area (Å²) in [5.74, 6) is -0.455. The summed E-state index contributed by atoms with van der Waals surface area (Å²) in [7, 11) is 0. The zero-order valence-corrected chi connectivity index (χ0v) is 13.0. The van der Waals surface area contributed by atoms with Gasteiger partial charge in [0.05, 0.1) is 0 Å². The molecule has 4 heteroatoms. The average molecular weight is 326 g/mol. The van der Waals surface area contributed by atoms with E-state index in [2.05, 4.69) is 46.8 Å². The van der Waals surface area contributed by atoms with Crippen LogP contribution in [0.15, 0.2) is 28.7 Å². The van der Waals surface area contributed by atoms with Crippen LogP contribution in [0.25, 0.3) is 0 Å². The maximum Gasteiger partial charge on any atom is 0.303 e. The fraction of sp³-hybridized carbons (Fsp3) is 0.533. The number of anilines is 1. The van der Waals surface area contributed by atoms with Crippen molar-refractivity contribution in [3.8, 4) is 0 Å². The number of hydrogen-bond donors (Lipinski definition) is 1. The molecule has 1 heterocycles. The minimum atomic E-state index is -0.695. The monoisotopic (exact) mass is 325 g/mol. The third-order valence-electron chi connectivity index (χ3n) is 3.92. The Bertz CT molecular complexity index is 473. The molecule has 19 heavy (non-hydrogen) atoms. The highest BCUT2D eigenvalue weighted by Gasteiger charge is 2.35. The molecule has 0 radical (unpaired) electrons. The molecule has 0 saturated carbocycles. The van der Waals surface area contributed by atoms with Crippen molar-refractivity contribution < 1.29 is 9.90 Å². The van der Waals surface area contributed by atoms with Crippen molar-refractivity contribution in [3.05, 3.63) is 28.7 Å². The number of aliphatic carboxylic acids is 1. The van der Waals surface area contributed by atoms with E-state index in [1.807, 2.05) is 12.1 Å². The van der Waals surface area contributed by atoms with E-state index in [4.69, 9.17) is 5.11 Å². The summed E-state index contributed by atoms with van der Waals surface area (Å²) < 4.78 is 1.06. The molecular formula is C15H20BrNO2. The number of rotatable bonds is 3. The summed E-state index contributed by atoms with van der Waals surface area (Å²) in [5, 5.41) is 8.97. The van der Waals surface area contributed by atoms with Crippen LogP contribution in [0.2, 0.25) is 0 Å². The van der Waals surface area contributed by atoms with Crippen LogP contribution in [0.4, 0.5) is 5.69 Å². The summed E-state index contributed by atoms with van der Waals surface area (Å²) >= 11 is 3.50. The molecule has 0 aliphatic carbocycles. The molecule has 1 fully saturated rings. The number of benzene rings is 1. The summed E-state index contributed by atoms with van der Waals surface area (Å²) in [5.41, 5.74) is 1.24. The first-order valence-corrected chi connectivity index (χ1v) is 7.43. The third-order valence-corrected chi connectivity index (χ3v) is 4.41. The van der Waals surface area contributed by atoms with Gasteiger partial charge in [0.1, 0.15) is 0 Å². The number of piperidine rings is 1. The van der Waals surface area contributed by atoms with Crippen molar-refractivity contribution in [1.29, 1.82) is 0 Å². The molecule has 3 nitrogen and oxygen atoms in total. The molecule has 1 aromatic rings. The van der Waals surface area contributed by atoms with E-state index in [9.17, 15) is 4.79 Å². The summed E-state index contributed by atoms with van der Waals surface area (Å²) in [4.78, 5) is 13.2. The Kier molecular flexibility index (Phi) is 4.19. The van der Waals surface area contributed by atoms with E-state index < -0.39 is 5.97 Å². The molecular weight excluding hydrogens is 306 g/mol. The van der Waals surface area contributed by atoms with E-state index in [1.54, 1.807) is 0 Å². The van der Waals surface area contributed by atoms with Crippen molar-refractivity contribution >= 4 is 27.6 Å². The number of carbonyl (C=O) groups is 1. The van der Waals surface area contributed by atoms with E-state index in [0.717, 1.165) is 29.5 Å². The Hall–Kier alpha value is -1.03. The van der Waals surface area contributed by atoms with Crippen LogP contribution in [-0.2, 0) is 4.79 Å². The largest absolute Gasteiger partial charge is 0.481 e. The molecule has 104 valence electrons. The van der Waals surface area contributed by atoms with Gasteiger partial charge in [-0.15, -0.1) is 0 Å². The molecule has 1 atom stereocenters. The highest BCUT2D eigenvalue weighted by Crippen LogP contribution is 2.36. The molecule has 0 spiro atoms. The molecule has 1 aliphatic rings. The van der Waals surface area contributed by atoms with Gasteiger partial charge in [0.15, 0.2) is 0 Å². The lowest BCUT2D eigenvalue weighted by molar-refractivity contribution is -0.138. The molecule has 1 N–H and O–H groups in total. The quantitative estimate of drug-likeness (QED) is 0.915. The number of halogens is 1. The number of hydrogen-bond acceptors (Lipinski definition) is 2. The van der Waals surface area contributed by atoms with Gasteiger partial charge in [0.25, 0.3) is 0 Å². The Morgan fingerprint density at radius 1 is 1.53 bits per heavy atom. The van der Waals surface area contributed by atoms with Crippen molar-refractivity contribution in [2.45, 2.75) is 38.6 Å². The minimum absolute atomic E-state index is 0.0792. The van der Waals surface area contributed by atoms with Gasteiger partial charge in [-0.05, 0) is 50.8 Å². The number of carboxylic acids is 1. The van der Waals surface area contributed by atoms with Crippen molar-refractivity contribution in [3.63, 3.8) is 0 Å². The number of nitrogens with zero attached hydrogens (tertiary/aromatic N) is 1. The average Bonchev–Trinajstić information content (AvgIpc) is 2.31. The molecule has 1 aromatic carbocycles. The van der Waals surface area contributed by atoms with E-state index in [1.165, 1.54) is 0 Å². The first-order valence-electron chi connectivity index (χ1n) is 6.63. The predicted octanol–water partition coefficient (Wildman–Crippen LogP) is 3.92. The summed E-state index contributed by atoms with van der Waals surface area (Å²) in [6.07, 6.45) is 2.28. The highest BCUT2D eigenvalue weighted by atomic mass is 79.9. The van der Waals surface area contributed by atoms with Gasteiger partial charge in [-0.3, -0.25) is 4.79 Å². The van der Waals surface area contributed by atoms with E-state index >= 15 is 0 Å². The van der Waals surface area contributed by atoms with E-state index in [-0.39, 0.29) is 17.9 Å². The third kappa shape index (κ3) is 3.50. The first kappa shape index (κ1) is 14.4. The highest BCUT2D eigenvalue weighted by molar-refractivity contribution is 9.10. The Morgan fingerprint density at radius 3 is 2.89 bits per heavy atom. The van der Waals surface area contributed by atoms with Gasteiger partial charge in [-0.25, -0.2) is 0 Å². The zero-order chi connectivity index (χ0) is 14.0. The first-order chi connectivity index (χ1) is 8.88. The second-order valence-electron chi connectivity index (χ2n) is 5.91. The fourth-order valence-corrected chi connectivity index (χ4v) is 3.19. The summed E-state index contributed by atoms with van der Waals surface area (Å²) in [6, 6.07) is 8.23. The van der Waals surface area contributed by atoms with Gasteiger partial charge in [0.2, 0.25) is 0 Å². The SMILES string of the molecule is CC1(C)CCC(CC(=O)O)CN1c1cccc(Br)c1. The maximum absolute atomic E-state index is 10.9. The predicted molar refractivity (Wildman–Crippen MR) is 80.5 cm³/mol. The molecule has 1 saturated heterocycles. The van der Waals surface area contributed by atoms with Crippen LogP contribution in [-0.4, -0.2) is 23.2 Å². The fourth-order valence-electron chi connectivity index (χ4n) is 2.80. The lowest BCUT2D eigenvalue weighted by Gasteiger charge is -2.47. The molecule has 0 amide bonds. The Balaban J connectivity index is 2.21. The Morgan fingerprint density at radius 2 is 2.26 bits per heavy atom. The standard InChI is InChI=1S/C15H20BrNO2/c1-15(2)7-6-11(8-14(18)19)10-17(15)13-5-3-4-12(16)9-13/h3-5,9,11H,6-8,10H2,1-2H3,(H,18,19). The van der Waals surface area contributed by atoms with Gasteiger partial charge < -0.3 is 10.0 Å². The zero-order valence-electron chi connectivity index (χ0n) is 11.4. The molecule has 1 unspecified atom stereocenters. The van der Waals surface area contributed by atoms with E-state index in [0.29, 0.717) is 0 Å². The lowest BCUT2D eigenvalue weighted by Crippen LogP contribution is -2.51. The van der Waals surface area contributed by atoms with Crippen LogP contribution in [0.1, 0.15) is 33.1 Å². The van der Waals surface area contributed by atoms with Crippen LogP contribution in [0.5, 0.6) is 0 Å². The van der Waals surface area contributed by atoms with Crippen molar-refractivity contribution in [2.75, 3.05) is 11.4 Å². The molecule has 2 rings (SSSR count). The van der Waals surface area contributed by atoms with Gasteiger partial charge in [-0.2, -0.15) is 0 Å². The normalized spacial score (nSPS) is 22.3. The van der Waals surface area contributed by atoms with Crippen molar-refractivity contribution in [2.24, 2.45) is 5.92 Å². The van der Waals surface area contributed by atoms with Gasteiger partial charge in [-0.1, -0.05) is 22.0 Å². The number of carboxylic acid groups (broad SMARTS) is 1. The maximum atomic E-state index is 10.9. The van der Waals surface area contributed by atoms with Crippen LogP contribution >= 0.6 is 15.9 Å². The van der Waals surface area contributed by atoms with Crippen LogP contribution in [0, 0.1) is 5.92 Å². The molecule has 0 bridgehead atoms. The summed E-state index contributed by atoms with van der Waals surface area (Å²) in [6.45, 7) is 5.27. The van der Waals surface area contributed by atoms with Gasteiger partial charge in [0, 0.05) is 28.7 Å². The van der Waals surface area contributed by atoms with Crippen LogP contribution in [0.3, 0.4) is 0 Å². The molecule has 0 aromatic heterocycles. The topological polar surface area (TPSA) is 40.5 Å². The lowest BCUT2D eigenvalue weighted by atomic mass is 9.83. The van der Waals surface area contributed by atoms with Crippen molar-refractivity contribution in [1.82, 2.24) is 0 Å². The second kappa shape index (κ2) is 5.53. The van der Waals surface area contributed by atoms with Gasteiger partial charge >= 0.3 is 5.97 Å².